The zero-order valence-electron chi connectivity index (χ0n) is 31.6. The Balaban J connectivity index is 1.48. The summed E-state index contributed by atoms with van der Waals surface area (Å²) in [6.45, 7) is 0.346. The Labute approximate surface area is 329 Å². The van der Waals surface area contributed by atoms with Crippen LogP contribution < -0.4 is 49.5 Å². The summed E-state index contributed by atoms with van der Waals surface area (Å²) in [6, 6.07) is 14.7. The number of carbonyl (C=O) groups is 6. The van der Waals surface area contributed by atoms with Crippen LogP contribution in [-0.4, -0.2) is 89.7 Å². The predicted molar refractivity (Wildman–Crippen MR) is 216 cm³/mol. The summed E-state index contributed by atoms with van der Waals surface area (Å²) in [5, 5.41) is 16.4. The van der Waals surface area contributed by atoms with Crippen molar-refractivity contribution in [3.63, 3.8) is 0 Å². The number of aromatic amines is 1. The normalized spacial score (nSPS) is 22.1. The van der Waals surface area contributed by atoms with Gasteiger partial charge in [-0.25, -0.2) is 0 Å². The molecule has 1 unspecified atom stereocenters. The highest BCUT2D eigenvalue weighted by atomic mass is 16.2. The van der Waals surface area contributed by atoms with Crippen molar-refractivity contribution in [2.45, 2.75) is 81.6 Å². The number of rotatable bonds is 9. The molecular formula is C40H51N11O6. The van der Waals surface area contributed by atoms with Crippen LogP contribution in [0.2, 0.25) is 0 Å². The molecule has 17 heteroatoms. The molecule has 0 aliphatic carbocycles. The smallest absolute Gasteiger partial charge is 0.243 e. The molecule has 17 nitrogen and oxygen atoms in total. The minimum absolute atomic E-state index is 0.0176. The molecule has 1 fully saturated rings. The number of benzene rings is 3. The lowest BCUT2D eigenvalue weighted by atomic mass is 9.99. The third-order valence-electron chi connectivity index (χ3n) is 9.84. The second kappa shape index (κ2) is 19.9. The average molecular weight is 782 g/mol. The van der Waals surface area contributed by atoms with Crippen LogP contribution in [0.25, 0.3) is 21.7 Å². The van der Waals surface area contributed by atoms with Crippen molar-refractivity contribution in [2.24, 2.45) is 27.9 Å². The molecule has 1 saturated heterocycles. The quantitative estimate of drug-likeness (QED) is 0.0600. The first-order chi connectivity index (χ1) is 27.4. The Morgan fingerprint density at radius 3 is 2.18 bits per heavy atom. The first-order valence-corrected chi connectivity index (χ1v) is 19.0. The highest BCUT2D eigenvalue weighted by molar-refractivity contribution is 5.97. The van der Waals surface area contributed by atoms with E-state index in [1.165, 1.54) is 0 Å². The summed E-state index contributed by atoms with van der Waals surface area (Å²) in [6.07, 6.45) is 2.70. The second-order valence-electron chi connectivity index (χ2n) is 14.2. The Morgan fingerprint density at radius 2 is 1.40 bits per heavy atom. The maximum absolute atomic E-state index is 14.2. The van der Waals surface area contributed by atoms with E-state index < -0.39 is 65.7 Å². The van der Waals surface area contributed by atoms with Gasteiger partial charge in [-0.15, -0.1) is 0 Å². The number of para-hydroxylation sites is 1. The first-order valence-electron chi connectivity index (χ1n) is 19.0. The van der Waals surface area contributed by atoms with Gasteiger partial charge in [0.1, 0.15) is 24.2 Å². The van der Waals surface area contributed by atoms with E-state index in [9.17, 15) is 28.8 Å². The molecule has 4 aromatic rings. The molecule has 57 heavy (non-hydrogen) atoms. The predicted octanol–water partition coefficient (Wildman–Crippen LogP) is -0.398. The molecule has 1 aromatic heterocycles. The SMILES string of the molecule is NC(=O)[C@@H]1CCCCNC(=O)CC(N)C(=O)N[C@H](Cc2ccc3ccccc3c2)C(=O)N[C@@H](CCCN=C(N)N)C(=O)N[C@@H](Cc2c[nH]c3ccccc23)C(=O)N1. The summed E-state index contributed by atoms with van der Waals surface area (Å²) in [5.74, 6) is -4.23. The van der Waals surface area contributed by atoms with E-state index in [1.807, 2.05) is 66.7 Å². The van der Waals surface area contributed by atoms with Crippen molar-refractivity contribution in [1.82, 2.24) is 31.6 Å². The standard InChI is InChI=1S/C40H51N11O6/c41-28-21-34(52)45-16-6-5-12-30(35(42)53)48-39(57)33(20-26-22-47-29-11-4-3-10-27(26)29)51-37(55)31(13-7-17-46-40(43)44)49-38(56)32(50-36(28)54)19-23-14-15-24-8-1-2-9-25(24)18-23/h1-4,8-11,14-15,18,22,28,30-33,47H,5-7,12-13,16-17,19-21,41H2,(H2,42,53)(H,45,52)(H,48,57)(H,49,56)(H,50,54)(H,51,55)(H4,43,44,46)/t28?,30-,31-,32+,33-/m0/s1. The number of amides is 6. The molecule has 3 aromatic carbocycles. The number of nitrogens with two attached hydrogens (primary N) is 4. The number of nitrogens with zero attached hydrogens (tertiary/aromatic N) is 1. The van der Waals surface area contributed by atoms with Crippen LogP contribution in [0.5, 0.6) is 0 Å². The Kier molecular flexibility index (Phi) is 14.5. The van der Waals surface area contributed by atoms with Gasteiger partial charge in [-0.1, -0.05) is 60.7 Å². The third kappa shape index (κ3) is 12.0. The van der Waals surface area contributed by atoms with E-state index in [4.69, 9.17) is 22.9 Å². The minimum Gasteiger partial charge on any atom is -0.370 e. The summed E-state index contributed by atoms with van der Waals surface area (Å²) >= 11 is 0. The lowest BCUT2D eigenvalue weighted by Gasteiger charge is -2.27. The number of aromatic nitrogens is 1. The molecule has 0 bridgehead atoms. The molecule has 2 heterocycles. The summed E-state index contributed by atoms with van der Waals surface area (Å²) < 4.78 is 0. The number of H-pyrrole nitrogens is 1. The van der Waals surface area contributed by atoms with E-state index >= 15 is 0 Å². The third-order valence-corrected chi connectivity index (χ3v) is 9.84. The largest absolute Gasteiger partial charge is 0.370 e. The topological polar surface area (TPSA) is 295 Å². The number of carbonyl (C=O) groups excluding carboxylic acids is 6. The van der Waals surface area contributed by atoms with E-state index in [0.717, 1.165) is 27.2 Å². The van der Waals surface area contributed by atoms with Crippen LogP contribution >= 0.6 is 0 Å². The lowest BCUT2D eigenvalue weighted by Crippen LogP contribution is -2.59. The lowest BCUT2D eigenvalue weighted by molar-refractivity contribution is -0.135. The molecular weight excluding hydrogens is 731 g/mol. The van der Waals surface area contributed by atoms with Crippen molar-refractivity contribution in [3.8, 4) is 0 Å². The molecule has 5 atom stereocenters. The van der Waals surface area contributed by atoms with Crippen molar-refractivity contribution >= 4 is 63.1 Å². The Bertz CT molecular complexity index is 2110. The molecule has 0 spiro atoms. The first kappa shape index (κ1) is 41.7. The second-order valence-corrected chi connectivity index (χ2v) is 14.2. The monoisotopic (exact) mass is 781 g/mol. The number of fused-ring (bicyclic) bond motifs is 2. The highest BCUT2D eigenvalue weighted by Crippen LogP contribution is 2.20. The Hall–Kier alpha value is -6.49. The van der Waals surface area contributed by atoms with Gasteiger partial charge >= 0.3 is 0 Å². The molecule has 302 valence electrons. The van der Waals surface area contributed by atoms with Crippen LogP contribution in [0.15, 0.2) is 77.9 Å². The van der Waals surface area contributed by atoms with E-state index in [1.54, 1.807) is 6.20 Å². The van der Waals surface area contributed by atoms with Gasteiger partial charge < -0.3 is 54.5 Å². The number of hydrogen-bond acceptors (Lipinski definition) is 8. The van der Waals surface area contributed by atoms with Crippen LogP contribution in [-0.2, 0) is 41.6 Å². The fourth-order valence-corrected chi connectivity index (χ4v) is 6.76. The van der Waals surface area contributed by atoms with E-state index in [-0.39, 0.29) is 57.6 Å². The van der Waals surface area contributed by atoms with Crippen LogP contribution in [0, 0.1) is 0 Å². The zero-order valence-corrected chi connectivity index (χ0v) is 31.6. The van der Waals surface area contributed by atoms with Crippen molar-refractivity contribution in [1.29, 1.82) is 0 Å². The van der Waals surface area contributed by atoms with E-state index in [2.05, 4.69) is 36.6 Å². The number of primary amides is 1. The summed E-state index contributed by atoms with van der Waals surface area (Å²) in [5.41, 5.74) is 25.1. The van der Waals surface area contributed by atoms with Gasteiger partial charge in [0.2, 0.25) is 35.4 Å². The molecule has 0 saturated carbocycles. The van der Waals surface area contributed by atoms with Gasteiger partial charge in [0, 0.05) is 43.0 Å². The van der Waals surface area contributed by atoms with Crippen molar-refractivity contribution in [2.75, 3.05) is 13.1 Å². The van der Waals surface area contributed by atoms with E-state index in [0.29, 0.717) is 18.4 Å². The molecule has 1 aliphatic heterocycles. The van der Waals surface area contributed by atoms with Crippen LogP contribution in [0.1, 0.15) is 49.7 Å². The maximum Gasteiger partial charge on any atom is 0.243 e. The van der Waals surface area contributed by atoms with Gasteiger partial charge in [0.05, 0.1) is 12.5 Å². The Morgan fingerprint density at radius 1 is 0.737 bits per heavy atom. The summed E-state index contributed by atoms with van der Waals surface area (Å²) in [7, 11) is 0. The molecule has 6 amide bonds. The van der Waals surface area contributed by atoms with Crippen molar-refractivity contribution in [3.05, 3.63) is 84.1 Å². The highest BCUT2D eigenvalue weighted by Gasteiger charge is 2.32. The minimum atomic E-state index is -1.29. The number of guanidine groups is 1. The fourth-order valence-electron chi connectivity index (χ4n) is 6.76. The van der Waals surface area contributed by atoms with Crippen LogP contribution in [0.4, 0.5) is 0 Å². The van der Waals surface area contributed by atoms with Gasteiger partial charge in [0.25, 0.3) is 0 Å². The van der Waals surface area contributed by atoms with Gasteiger partial charge in [-0.2, -0.15) is 0 Å². The molecule has 0 radical (unpaired) electrons. The summed E-state index contributed by atoms with van der Waals surface area (Å²) in [4.78, 5) is 88.3. The fraction of sp³-hybridized carbons (Fsp3) is 0.375. The molecule has 5 rings (SSSR count). The van der Waals surface area contributed by atoms with Crippen LogP contribution in [0.3, 0.4) is 0 Å². The number of aliphatic imine (C=N–C) groups is 1. The van der Waals surface area contributed by atoms with Gasteiger partial charge in [-0.05, 0) is 60.1 Å². The number of nitrogens with one attached hydrogen (secondary N) is 6. The van der Waals surface area contributed by atoms with Crippen molar-refractivity contribution < 1.29 is 28.8 Å². The number of hydrogen-bond donors (Lipinski definition) is 10. The maximum atomic E-state index is 14.2. The van der Waals surface area contributed by atoms with Gasteiger partial charge in [-0.3, -0.25) is 33.8 Å². The average Bonchev–Trinajstić information content (AvgIpc) is 3.59. The zero-order chi connectivity index (χ0) is 40.9. The van der Waals surface area contributed by atoms with Gasteiger partial charge in [0.15, 0.2) is 5.96 Å². The molecule has 1 aliphatic rings. The molecule has 14 N–H and O–H groups in total.